The molecule has 0 aromatic carbocycles. The molecule has 0 aromatic rings. The Kier molecular flexibility index (Phi) is 1.83. The molecule has 5 nitrogen and oxygen atoms in total. The molecule has 2 fully saturated rings. The van der Waals surface area contributed by atoms with E-state index in [2.05, 4.69) is 0 Å². The summed E-state index contributed by atoms with van der Waals surface area (Å²) >= 11 is 0. The number of aliphatic hydroxyl groups excluding tert-OH is 1. The molecular weight excluding hydrogens is 176 g/mol. The molecule has 1 N–H and O–H groups in total. The minimum atomic E-state index is -1.17. The molecule has 74 valence electrons. The Morgan fingerprint density at radius 1 is 1.54 bits per heavy atom. The van der Waals surface area contributed by atoms with Gasteiger partial charge in [0, 0.05) is 0 Å². The van der Waals surface area contributed by atoms with Crippen LogP contribution in [0.2, 0.25) is 0 Å². The fourth-order valence-electron chi connectivity index (χ4n) is 1.54. The summed E-state index contributed by atoms with van der Waals surface area (Å²) in [6.07, 6.45) is -2.22. The zero-order valence-electron chi connectivity index (χ0n) is 7.52. The number of aliphatic hydroxyl groups is 1. The highest BCUT2D eigenvalue weighted by Crippen LogP contribution is 2.30. The van der Waals surface area contributed by atoms with Gasteiger partial charge in [0.05, 0.1) is 6.61 Å². The fraction of sp³-hybridized carbons (Fsp3) is 0.875. The van der Waals surface area contributed by atoms with E-state index in [4.69, 9.17) is 14.2 Å². The SMILES string of the molecule is CC1(C)OC[C@@H]2OC(=O)C(O)[C@H]2O1. The van der Waals surface area contributed by atoms with Crippen molar-refractivity contribution in [1.82, 2.24) is 0 Å². The van der Waals surface area contributed by atoms with Crippen LogP contribution in [-0.2, 0) is 19.0 Å². The van der Waals surface area contributed by atoms with E-state index in [9.17, 15) is 9.90 Å². The number of rotatable bonds is 0. The maximum absolute atomic E-state index is 10.9. The summed E-state index contributed by atoms with van der Waals surface area (Å²) in [5, 5.41) is 9.37. The number of esters is 1. The fourth-order valence-corrected chi connectivity index (χ4v) is 1.54. The third-order valence-corrected chi connectivity index (χ3v) is 2.20. The van der Waals surface area contributed by atoms with Gasteiger partial charge in [-0.1, -0.05) is 0 Å². The second-order valence-corrected chi connectivity index (χ2v) is 3.71. The third-order valence-electron chi connectivity index (χ3n) is 2.20. The Labute approximate surface area is 75.6 Å². The van der Waals surface area contributed by atoms with Crippen LogP contribution >= 0.6 is 0 Å². The van der Waals surface area contributed by atoms with Crippen molar-refractivity contribution in [3.05, 3.63) is 0 Å². The minimum Gasteiger partial charge on any atom is -0.455 e. The smallest absolute Gasteiger partial charge is 0.338 e. The Bertz CT molecular complexity index is 237. The first-order valence-electron chi connectivity index (χ1n) is 4.20. The van der Waals surface area contributed by atoms with Crippen LogP contribution in [0.25, 0.3) is 0 Å². The molecule has 0 radical (unpaired) electrons. The molecule has 0 spiro atoms. The largest absolute Gasteiger partial charge is 0.455 e. The molecule has 0 aromatic heterocycles. The number of hydrogen-bond donors (Lipinski definition) is 1. The lowest BCUT2D eigenvalue weighted by Crippen LogP contribution is -2.50. The van der Waals surface area contributed by atoms with Gasteiger partial charge in [-0.25, -0.2) is 4.79 Å². The van der Waals surface area contributed by atoms with Gasteiger partial charge in [0.15, 0.2) is 18.0 Å². The van der Waals surface area contributed by atoms with Crippen LogP contribution in [0.15, 0.2) is 0 Å². The molecule has 0 aliphatic carbocycles. The van der Waals surface area contributed by atoms with Crippen LogP contribution in [-0.4, -0.2) is 41.8 Å². The molecule has 0 bridgehead atoms. The monoisotopic (exact) mass is 188 g/mol. The van der Waals surface area contributed by atoms with Crippen LogP contribution in [0.5, 0.6) is 0 Å². The van der Waals surface area contributed by atoms with E-state index in [1.54, 1.807) is 13.8 Å². The summed E-state index contributed by atoms with van der Waals surface area (Å²) in [6, 6.07) is 0. The summed E-state index contributed by atoms with van der Waals surface area (Å²) in [6.45, 7) is 3.75. The average molecular weight is 188 g/mol. The number of ether oxygens (including phenoxy) is 3. The molecule has 3 atom stereocenters. The zero-order valence-corrected chi connectivity index (χ0v) is 7.52. The van der Waals surface area contributed by atoms with Gasteiger partial charge in [-0.15, -0.1) is 0 Å². The molecular formula is C8H12O5. The van der Waals surface area contributed by atoms with Gasteiger partial charge >= 0.3 is 5.97 Å². The quantitative estimate of drug-likeness (QED) is 0.515. The van der Waals surface area contributed by atoms with Crippen molar-refractivity contribution >= 4 is 5.97 Å². The number of fused-ring (bicyclic) bond motifs is 1. The first kappa shape index (κ1) is 8.93. The van der Waals surface area contributed by atoms with E-state index >= 15 is 0 Å². The van der Waals surface area contributed by atoms with Gasteiger partial charge in [0.1, 0.15) is 6.10 Å². The highest BCUT2D eigenvalue weighted by Gasteiger charge is 2.50. The summed E-state index contributed by atoms with van der Waals surface area (Å²) < 4.78 is 15.5. The molecule has 2 saturated heterocycles. The Morgan fingerprint density at radius 3 is 2.92 bits per heavy atom. The minimum absolute atomic E-state index is 0.278. The topological polar surface area (TPSA) is 65.0 Å². The lowest BCUT2D eigenvalue weighted by atomic mass is 10.1. The molecule has 1 unspecified atom stereocenters. The Hall–Kier alpha value is -0.650. The maximum Gasteiger partial charge on any atom is 0.338 e. The predicted octanol–water partition coefficient (Wildman–Crippen LogP) is -0.576. The maximum atomic E-state index is 10.9. The second-order valence-electron chi connectivity index (χ2n) is 3.71. The van der Waals surface area contributed by atoms with E-state index in [0.29, 0.717) is 0 Å². The summed E-state index contributed by atoms with van der Waals surface area (Å²) in [4.78, 5) is 10.9. The summed E-state index contributed by atoms with van der Waals surface area (Å²) in [7, 11) is 0. The third kappa shape index (κ3) is 1.43. The van der Waals surface area contributed by atoms with E-state index in [0.717, 1.165) is 0 Å². The molecule has 2 rings (SSSR count). The highest BCUT2D eigenvalue weighted by atomic mass is 16.7. The van der Waals surface area contributed by atoms with Gasteiger partial charge in [-0.3, -0.25) is 0 Å². The predicted molar refractivity (Wildman–Crippen MR) is 40.8 cm³/mol. The van der Waals surface area contributed by atoms with E-state index in [-0.39, 0.29) is 6.61 Å². The summed E-state index contributed by atoms with van der Waals surface area (Å²) in [5.41, 5.74) is 0. The van der Waals surface area contributed by atoms with Crippen LogP contribution in [0.4, 0.5) is 0 Å². The van der Waals surface area contributed by atoms with Crippen LogP contribution in [0.3, 0.4) is 0 Å². The number of hydrogen-bond acceptors (Lipinski definition) is 5. The normalized spacial score (nSPS) is 42.7. The van der Waals surface area contributed by atoms with Crippen LogP contribution in [0.1, 0.15) is 13.8 Å². The van der Waals surface area contributed by atoms with Gasteiger partial charge in [-0.2, -0.15) is 0 Å². The molecule has 5 heteroatoms. The summed E-state index contributed by atoms with van der Waals surface area (Å²) in [5.74, 6) is -1.38. The first-order chi connectivity index (χ1) is 5.99. The van der Waals surface area contributed by atoms with Crippen molar-refractivity contribution in [3.8, 4) is 0 Å². The second kappa shape index (κ2) is 2.67. The van der Waals surface area contributed by atoms with Crippen molar-refractivity contribution in [2.45, 2.75) is 37.9 Å². The Balaban J connectivity index is 2.14. The first-order valence-corrected chi connectivity index (χ1v) is 4.20. The van der Waals surface area contributed by atoms with Crippen LogP contribution in [0, 0.1) is 0 Å². The number of carbonyl (C=O) groups is 1. The van der Waals surface area contributed by atoms with Crippen molar-refractivity contribution in [3.63, 3.8) is 0 Å². The molecule has 2 aliphatic heterocycles. The standard InChI is InChI=1S/C8H12O5/c1-8(2)11-3-4-6(13-8)5(9)7(10)12-4/h4-6,9H,3H2,1-2H3/t4-,5?,6-/m0/s1. The molecule has 13 heavy (non-hydrogen) atoms. The lowest BCUT2D eigenvalue weighted by molar-refractivity contribution is -0.299. The van der Waals surface area contributed by atoms with Crippen molar-refractivity contribution in [2.75, 3.05) is 6.61 Å². The number of carbonyl (C=O) groups excluding carboxylic acids is 1. The van der Waals surface area contributed by atoms with Crippen molar-refractivity contribution < 1.29 is 24.1 Å². The van der Waals surface area contributed by atoms with Crippen molar-refractivity contribution in [2.24, 2.45) is 0 Å². The molecule has 0 amide bonds. The zero-order chi connectivity index (χ0) is 9.64. The van der Waals surface area contributed by atoms with Crippen LogP contribution < -0.4 is 0 Å². The highest BCUT2D eigenvalue weighted by molar-refractivity contribution is 5.77. The van der Waals surface area contributed by atoms with E-state index in [1.165, 1.54) is 0 Å². The molecule has 2 aliphatic rings. The molecule has 2 heterocycles. The van der Waals surface area contributed by atoms with Crippen molar-refractivity contribution in [1.29, 1.82) is 0 Å². The van der Waals surface area contributed by atoms with E-state index < -0.39 is 30.1 Å². The lowest BCUT2D eigenvalue weighted by Gasteiger charge is -2.36. The Morgan fingerprint density at radius 2 is 2.23 bits per heavy atom. The van der Waals surface area contributed by atoms with Gasteiger partial charge in [-0.05, 0) is 13.8 Å². The van der Waals surface area contributed by atoms with Gasteiger partial charge < -0.3 is 19.3 Å². The average Bonchev–Trinajstić information content (AvgIpc) is 2.29. The van der Waals surface area contributed by atoms with Gasteiger partial charge in [0.25, 0.3) is 0 Å². The van der Waals surface area contributed by atoms with Gasteiger partial charge in [0.2, 0.25) is 0 Å². The van der Waals surface area contributed by atoms with E-state index in [1.807, 2.05) is 0 Å². The molecule has 0 saturated carbocycles.